The summed E-state index contributed by atoms with van der Waals surface area (Å²) in [5.74, 6) is 0.570. The summed E-state index contributed by atoms with van der Waals surface area (Å²) >= 11 is 6.10. The SMILES string of the molecule is Cc1ccc(-c2c(NC(=O)CN3CCC[C@@H](C)C3)oc3ccc(Cl)cc3c2=O)cc1. The van der Waals surface area contributed by atoms with Gasteiger partial charge in [0.05, 0.1) is 17.5 Å². The summed E-state index contributed by atoms with van der Waals surface area (Å²) in [4.78, 5) is 28.3. The van der Waals surface area contributed by atoms with E-state index in [1.807, 2.05) is 31.2 Å². The van der Waals surface area contributed by atoms with Crippen molar-refractivity contribution in [3.05, 3.63) is 63.3 Å². The van der Waals surface area contributed by atoms with Gasteiger partial charge in [-0.05, 0) is 56.0 Å². The average Bonchev–Trinajstić information content (AvgIpc) is 2.70. The fourth-order valence-corrected chi connectivity index (χ4v) is 4.21. The summed E-state index contributed by atoms with van der Waals surface area (Å²) < 4.78 is 5.99. The molecule has 0 unspecified atom stereocenters. The van der Waals surface area contributed by atoms with Gasteiger partial charge in [0, 0.05) is 11.6 Å². The van der Waals surface area contributed by atoms with E-state index in [0.717, 1.165) is 25.1 Å². The van der Waals surface area contributed by atoms with Gasteiger partial charge in [0.1, 0.15) is 5.58 Å². The van der Waals surface area contributed by atoms with Crippen LogP contribution in [0.25, 0.3) is 22.1 Å². The van der Waals surface area contributed by atoms with Crippen molar-refractivity contribution in [2.45, 2.75) is 26.7 Å². The van der Waals surface area contributed by atoms with E-state index in [0.29, 0.717) is 33.0 Å². The highest BCUT2D eigenvalue weighted by atomic mass is 35.5. The van der Waals surface area contributed by atoms with Crippen molar-refractivity contribution in [1.29, 1.82) is 0 Å². The summed E-state index contributed by atoms with van der Waals surface area (Å²) in [7, 11) is 0. The van der Waals surface area contributed by atoms with E-state index in [1.54, 1.807) is 18.2 Å². The van der Waals surface area contributed by atoms with Crippen LogP contribution >= 0.6 is 11.6 Å². The van der Waals surface area contributed by atoms with Gasteiger partial charge in [0.25, 0.3) is 0 Å². The summed E-state index contributed by atoms with van der Waals surface area (Å²) in [6, 6.07) is 12.5. The van der Waals surface area contributed by atoms with E-state index in [1.165, 1.54) is 6.42 Å². The first-order chi connectivity index (χ1) is 14.4. The maximum absolute atomic E-state index is 13.3. The van der Waals surface area contributed by atoms with Gasteiger partial charge in [-0.15, -0.1) is 0 Å². The summed E-state index contributed by atoms with van der Waals surface area (Å²) in [6.45, 7) is 6.27. The molecular weight excluding hydrogens is 400 g/mol. The van der Waals surface area contributed by atoms with Crippen LogP contribution in [0.1, 0.15) is 25.3 Å². The molecule has 1 fully saturated rings. The second kappa shape index (κ2) is 8.62. The predicted octanol–water partition coefficient (Wildman–Crippen LogP) is 5.09. The van der Waals surface area contributed by atoms with Crippen LogP contribution in [0.4, 0.5) is 5.88 Å². The molecule has 3 aromatic rings. The van der Waals surface area contributed by atoms with Gasteiger partial charge in [-0.2, -0.15) is 0 Å². The number of halogens is 1. The third-order valence-electron chi connectivity index (χ3n) is 5.55. The molecule has 1 aromatic heterocycles. The van der Waals surface area contributed by atoms with E-state index < -0.39 is 0 Å². The monoisotopic (exact) mass is 424 g/mol. The number of nitrogens with one attached hydrogen (secondary N) is 1. The Kier molecular flexibility index (Phi) is 5.93. The van der Waals surface area contributed by atoms with Crippen molar-refractivity contribution in [2.24, 2.45) is 5.92 Å². The topological polar surface area (TPSA) is 62.6 Å². The van der Waals surface area contributed by atoms with Crippen molar-refractivity contribution in [3.63, 3.8) is 0 Å². The molecule has 1 atom stereocenters. The molecule has 0 aliphatic carbocycles. The number of carbonyl (C=O) groups excluding carboxylic acids is 1. The molecule has 5 nitrogen and oxygen atoms in total. The van der Waals surface area contributed by atoms with Crippen molar-refractivity contribution >= 4 is 34.4 Å². The highest BCUT2D eigenvalue weighted by molar-refractivity contribution is 6.31. The molecule has 4 rings (SSSR count). The largest absolute Gasteiger partial charge is 0.439 e. The predicted molar refractivity (Wildman–Crippen MR) is 121 cm³/mol. The number of benzene rings is 2. The number of likely N-dealkylation sites (tertiary alicyclic amines) is 1. The smallest absolute Gasteiger partial charge is 0.240 e. The average molecular weight is 425 g/mol. The number of carbonyl (C=O) groups is 1. The maximum atomic E-state index is 13.3. The van der Waals surface area contributed by atoms with Crippen LogP contribution in [0.2, 0.25) is 5.02 Å². The van der Waals surface area contributed by atoms with Gasteiger partial charge in [-0.3, -0.25) is 19.8 Å². The zero-order valence-corrected chi connectivity index (χ0v) is 18.0. The number of fused-ring (bicyclic) bond motifs is 1. The fourth-order valence-electron chi connectivity index (χ4n) is 4.04. The Labute approximate surface area is 180 Å². The molecule has 0 saturated carbocycles. The summed E-state index contributed by atoms with van der Waals surface area (Å²) in [5.41, 5.74) is 2.28. The lowest BCUT2D eigenvalue weighted by molar-refractivity contribution is -0.117. The normalized spacial score (nSPS) is 17.2. The van der Waals surface area contributed by atoms with Crippen LogP contribution in [0.3, 0.4) is 0 Å². The lowest BCUT2D eigenvalue weighted by Crippen LogP contribution is -2.39. The standard InChI is InChI=1S/C24H25ClN2O3/c1-15-5-7-17(8-6-15)22-23(29)19-12-18(25)9-10-20(19)30-24(22)26-21(28)14-27-11-3-4-16(2)13-27/h5-10,12,16H,3-4,11,13-14H2,1-2H3,(H,26,28)/t16-/m1/s1. The van der Waals surface area contributed by atoms with Crippen LogP contribution in [0, 0.1) is 12.8 Å². The molecule has 156 valence electrons. The highest BCUT2D eigenvalue weighted by Crippen LogP contribution is 2.30. The first kappa shape index (κ1) is 20.6. The van der Waals surface area contributed by atoms with E-state index in [4.69, 9.17) is 16.0 Å². The second-order valence-electron chi connectivity index (χ2n) is 8.17. The zero-order valence-electron chi connectivity index (χ0n) is 17.2. The van der Waals surface area contributed by atoms with Crippen LogP contribution in [0.5, 0.6) is 0 Å². The Bertz CT molecular complexity index is 1140. The molecule has 2 heterocycles. The quantitative estimate of drug-likeness (QED) is 0.633. The van der Waals surface area contributed by atoms with Crippen LogP contribution in [-0.2, 0) is 4.79 Å². The minimum absolute atomic E-state index is 0.175. The van der Waals surface area contributed by atoms with Crippen LogP contribution < -0.4 is 10.7 Å². The summed E-state index contributed by atoms with van der Waals surface area (Å²) in [6.07, 6.45) is 2.28. The van der Waals surface area contributed by atoms with E-state index >= 15 is 0 Å². The Balaban J connectivity index is 1.73. The van der Waals surface area contributed by atoms with Gasteiger partial charge in [0.2, 0.25) is 17.2 Å². The Morgan fingerprint density at radius 2 is 2.00 bits per heavy atom. The molecule has 1 N–H and O–H groups in total. The number of rotatable bonds is 4. The zero-order chi connectivity index (χ0) is 21.3. The maximum Gasteiger partial charge on any atom is 0.240 e. The summed E-state index contributed by atoms with van der Waals surface area (Å²) in [5, 5.41) is 3.70. The number of anilines is 1. The fraction of sp³-hybridized carbons (Fsp3) is 0.333. The van der Waals surface area contributed by atoms with E-state index in [2.05, 4.69) is 17.1 Å². The Morgan fingerprint density at radius 3 is 2.73 bits per heavy atom. The van der Waals surface area contributed by atoms with E-state index in [-0.39, 0.29) is 23.8 Å². The molecule has 0 radical (unpaired) electrons. The van der Waals surface area contributed by atoms with Crippen molar-refractivity contribution in [1.82, 2.24) is 4.90 Å². The van der Waals surface area contributed by atoms with Gasteiger partial charge in [-0.25, -0.2) is 0 Å². The number of amides is 1. The molecule has 1 saturated heterocycles. The van der Waals surface area contributed by atoms with Gasteiger partial charge < -0.3 is 4.42 Å². The molecule has 30 heavy (non-hydrogen) atoms. The van der Waals surface area contributed by atoms with Gasteiger partial charge in [0.15, 0.2) is 0 Å². The number of hydrogen-bond donors (Lipinski definition) is 1. The minimum atomic E-state index is -0.218. The van der Waals surface area contributed by atoms with Crippen molar-refractivity contribution in [3.8, 4) is 11.1 Å². The van der Waals surface area contributed by atoms with Gasteiger partial charge in [-0.1, -0.05) is 48.4 Å². The highest BCUT2D eigenvalue weighted by Gasteiger charge is 2.22. The van der Waals surface area contributed by atoms with Crippen LogP contribution in [0.15, 0.2) is 51.7 Å². The molecule has 1 amide bonds. The molecule has 0 spiro atoms. The molecule has 6 heteroatoms. The number of nitrogens with zero attached hydrogens (tertiary/aromatic N) is 1. The number of hydrogen-bond acceptors (Lipinski definition) is 4. The lowest BCUT2D eigenvalue weighted by Gasteiger charge is -2.30. The molecular formula is C24H25ClN2O3. The minimum Gasteiger partial charge on any atom is -0.439 e. The van der Waals surface area contributed by atoms with Crippen molar-refractivity contribution < 1.29 is 9.21 Å². The third-order valence-corrected chi connectivity index (χ3v) is 5.79. The van der Waals surface area contributed by atoms with Crippen molar-refractivity contribution in [2.75, 3.05) is 25.0 Å². The first-order valence-electron chi connectivity index (χ1n) is 10.3. The second-order valence-corrected chi connectivity index (χ2v) is 8.61. The number of piperidine rings is 1. The third kappa shape index (κ3) is 4.42. The first-order valence-corrected chi connectivity index (χ1v) is 10.6. The molecule has 2 aromatic carbocycles. The van der Waals surface area contributed by atoms with E-state index in [9.17, 15) is 9.59 Å². The number of aryl methyl sites for hydroxylation is 1. The Morgan fingerprint density at radius 1 is 1.23 bits per heavy atom. The molecule has 0 bridgehead atoms. The lowest BCUT2D eigenvalue weighted by atomic mass is 10.0. The molecule has 1 aliphatic heterocycles. The Hall–Kier alpha value is -2.63. The van der Waals surface area contributed by atoms with Gasteiger partial charge >= 0.3 is 0 Å². The van der Waals surface area contributed by atoms with Crippen LogP contribution in [-0.4, -0.2) is 30.4 Å². The molecule has 1 aliphatic rings.